The Morgan fingerprint density at radius 3 is 2.43 bits per heavy atom. The molecule has 4 unspecified atom stereocenters. The van der Waals surface area contributed by atoms with Gasteiger partial charge < -0.3 is 20.3 Å². The number of benzene rings is 1. The molecule has 2 saturated heterocycles. The third kappa shape index (κ3) is 7.06. The number of ether oxygens (including phenoxy) is 1. The molecule has 0 saturated carbocycles. The number of rotatable bonds is 8. The Bertz CT molecular complexity index is 1070. The first-order valence-electron chi connectivity index (χ1n) is 12.8. The zero-order valence-corrected chi connectivity index (χ0v) is 23.0. The van der Waals surface area contributed by atoms with Gasteiger partial charge in [0.25, 0.3) is 0 Å². The van der Waals surface area contributed by atoms with Gasteiger partial charge >= 0.3 is 12.0 Å². The van der Waals surface area contributed by atoms with Crippen molar-refractivity contribution < 1.29 is 37.9 Å². The summed E-state index contributed by atoms with van der Waals surface area (Å²) in [6.45, 7) is 7.10. The second kappa shape index (κ2) is 11.5. The van der Waals surface area contributed by atoms with Gasteiger partial charge in [0, 0.05) is 19.3 Å². The fourth-order valence-electron chi connectivity index (χ4n) is 4.99. The number of amides is 4. The van der Waals surface area contributed by atoms with Gasteiger partial charge in [-0.3, -0.25) is 14.2 Å². The fraction of sp³-hybridized carbons (Fsp3) is 0.615. The summed E-state index contributed by atoms with van der Waals surface area (Å²) >= 11 is 0. The summed E-state index contributed by atoms with van der Waals surface area (Å²) in [6, 6.07) is 8.12. The van der Waals surface area contributed by atoms with E-state index in [1.54, 1.807) is 27.7 Å². The first-order valence-corrected chi connectivity index (χ1v) is 14.8. The van der Waals surface area contributed by atoms with Crippen LogP contribution in [0.3, 0.4) is 0 Å². The highest BCUT2D eigenvalue weighted by Gasteiger charge is 2.56. The number of imide groups is 1. The molecule has 10 nitrogen and oxygen atoms in total. The van der Waals surface area contributed by atoms with E-state index in [0.717, 1.165) is 5.56 Å². The third-order valence-corrected chi connectivity index (χ3v) is 9.15. The van der Waals surface area contributed by atoms with Crippen LogP contribution in [0.1, 0.15) is 65.4 Å². The summed E-state index contributed by atoms with van der Waals surface area (Å²) in [6.07, 6.45) is 0.724. The van der Waals surface area contributed by atoms with Crippen molar-refractivity contribution in [1.82, 2.24) is 10.6 Å². The monoisotopic (exact) mass is 536 g/mol. The summed E-state index contributed by atoms with van der Waals surface area (Å²) in [5.41, 5.74) is 0.0822. The highest BCUT2D eigenvalue weighted by molar-refractivity contribution is 7.59. The first kappa shape index (κ1) is 29.0. The molecule has 4 amide bonds. The molecule has 11 heteroatoms. The van der Waals surface area contributed by atoms with Crippen molar-refractivity contribution >= 4 is 31.2 Å². The molecule has 37 heavy (non-hydrogen) atoms. The Labute approximate surface area is 218 Å². The molecule has 0 spiro atoms. The van der Waals surface area contributed by atoms with Gasteiger partial charge in [-0.25, -0.2) is 4.79 Å². The van der Waals surface area contributed by atoms with Crippen LogP contribution in [0.4, 0.5) is 4.79 Å². The van der Waals surface area contributed by atoms with Gasteiger partial charge in [0.05, 0.1) is 6.54 Å². The molecule has 3 rings (SSSR count). The SMILES string of the molecule is C[C@@H]1CCC[N+]1(C(=O)CP(=O)(O)C(CCc1ccccc1)NC(=O)C1CCC(=O)N1)C(=O)OC(C)(C)C. The quantitative estimate of drug-likeness (QED) is 0.343. The van der Waals surface area contributed by atoms with E-state index in [1.807, 2.05) is 30.3 Å². The average molecular weight is 537 g/mol. The molecule has 2 aliphatic heterocycles. The maximum Gasteiger partial charge on any atom is 0.524 e. The number of quaternary nitrogens is 1. The Morgan fingerprint density at radius 2 is 1.89 bits per heavy atom. The molecule has 204 valence electrons. The van der Waals surface area contributed by atoms with Crippen LogP contribution in [0, 0.1) is 0 Å². The third-order valence-electron chi connectivity index (χ3n) is 7.07. The molecule has 2 fully saturated rings. The van der Waals surface area contributed by atoms with Crippen molar-refractivity contribution in [2.45, 2.75) is 89.7 Å². The van der Waals surface area contributed by atoms with Crippen molar-refractivity contribution in [2.75, 3.05) is 12.7 Å². The van der Waals surface area contributed by atoms with E-state index in [0.29, 0.717) is 25.7 Å². The van der Waals surface area contributed by atoms with E-state index in [4.69, 9.17) is 4.74 Å². The summed E-state index contributed by atoms with van der Waals surface area (Å²) in [5.74, 6) is -2.72. The van der Waals surface area contributed by atoms with Gasteiger partial charge in [-0.05, 0) is 52.5 Å². The molecule has 0 radical (unpaired) electrons. The minimum atomic E-state index is -4.34. The van der Waals surface area contributed by atoms with Crippen molar-refractivity contribution in [3.05, 3.63) is 35.9 Å². The van der Waals surface area contributed by atoms with Crippen LogP contribution >= 0.6 is 7.37 Å². The fourth-order valence-corrected chi connectivity index (χ4v) is 6.71. The van der Waals surface area contributed by atoms with Gasteiger partial charge in [-0.2, -0.15) is 9.28 Å². The van der Waals surface area contributed by atoms with Crippen molar-refractivity contribution in [3.8, 4) is 0 Å². The van der Waals surface area contributed by atoms with Crippen LogP contribution < -0.4 is 10.6 Å². The minimum absolute atomic E-state index is 0.111. The summed E-state index contributed by atoms with van der Waals surface area (Å²) in [4.78, 5) is 62.5. The van der Waals surface area contributed by atoms with Crippen LogP contribution in [0.2, 0.25) is 0 Å². The van der Waals surface area contributed by atoms with Gasteiger partial charge in [-0.15, -0.1) is 0 Å². The molecule has 2 heterocycles. The van der Waals surface area contributed by atoms with E-state index >= 15 is 0 Å². The van der Waals surface area contributed by atoms with Gasteiger partial charge in [0.15, 0.2) is 0 Å². The number of nitrogens with zero attached hydrogens (tertiary/aromatic N) is 1. The smallest absolute Gasteiger partial charge is 0.414 e. The Balaban J connectivity index is 1.83. The lowest BCUT2D eigenvalue weighted by Crippen LogP contribution is -2.61. The normalized spacial score (nSPS) is 26.1. The summed E-state index contributed by atoms with van der Waals surface area (Å²) < 4.78 is 18.7. The van der Waals surface area contributed by atoms with Crippen LogP contribution in [0.15, 0.2) is 30.3 Å². The Morgan fingerprint density at radius 1 is 1.22 bits per heavy atom. The largest absolute Gasteiger partial charge is 0.524 e. The maximum absolute atomic E-state index is 13.7. The van der Waals surface area contributed by atoms with Crippen molar-refractivity contribution in [2.24, 2.45) is 0 Å². The number of hydrogen-bond donors (Lipinski definition) is 3. The molecule has 0 aliphatic carbocycles. The Hall–Kier alpha value is -2.55. The van der Waals surface area contributed by atoms with E-state index in [-0.39, 0.29) is 25.3 Å². The van der Waals surface area contributed by atoms with Crippen molar-refractivity contribution in [1.29, 1.82) is 0 Å². The minimum Gasteiger partial charge on any atom is -0.414 e. The first-order chi connectivity index (χ1) is 17.2. The molecule has 5 atom stereocenters. The van der Waals surface area contributed by atoms with E-state index in [2.05, 4.69) is 10.6 Å². The van der Waals surface area contributed by atoms with Gasteiger partial charge in [0.2, 0.25) is 19.2 Å². The van der Waals surface area contributed by atoms with Crippen molar-refractivity contribution in [3.63, 3.8) is 0 Å². The van der Waals surface area contributed by atoms with Gasteiger partial charge in [0.1, 0.15) is 29.6 Å². The zero-order valence-electron chi connectivity index (χ0n) is 22.1. The van der Waals surface area contributed by atoms with E-state index in [1.165, 1.54) is 0 Å². The summed E-state index contributed by atoms with van der Waals surface area (Å²) in [5, 5.41) is 5.20. The molecule has 1 aromatic rings. The lowest BCUT2D eigenvalue weighted by molar-refractivity contribution is -0.792. The number of carbonyl (C=O) groups is 4. The second-order valence-corrected chi connectivity index (χ2v) is 13.5. The standard InChI is InChI=1S/C26H38N3O7P/c1-18-9-8-16-29(18,25(33)36-26(2,3)4)23(31)17-37(34,35)22(15-12-19-10-6-5-7-11-19)28-24(32)20-13-14-21(30)27-20/h5-7,10-11,18,20,22H,8-9,12-17H2,1-4H3,(H2-,27,28,30,32,34,35)/p+1/t18-,20?,22?,29?/m1/s1. The molecule has 3 N–H and O–H groups in total. The number of hydrogen-bond acceptors (Lipinski definition) is 6. The molecule has 2 aliphatic rings. The molecule has 1 aromatic carbocycles. The van der Waals surface area contributed by atoms with E-state index in [9.17, 15) is 28.6 Å². The average Bonchev–Trinajstić information content (AvgIpc) is 3.41. The highest BCUT2D eigenvalue weighted by Crippen LogP contribution is 2.48. The Kier molecular flexibility index (Phi) is 8.98. The maximum atomic E-state index is 13.7. The van der Waals surface area contributed by atoms with Crippen LogP contribution in [0.5, 0.6) is 0 Å². The number of likely N-dealkylation sites (tertiary alicyclic amines) is 1. The molecule has 0 aromatic heterocycles. The second-order valence-electron chi connectivity index (χ2n) is 11.1. The molecule has 0 bridgehead atoms. The molecular weight excluding hydrogens is 497 g/mol. The van der Waals surface area contributed by atoms with Crippen LogP contribution in [-0.2, 0) is 30.1 Å². The van der Waals surface area contributed by atoms with Gasteiger partial charge in [-0.1, -0.05) is 30.3 Å². The van der Waals surface area contributed by atoms with Crippen LogP contribution in [0.25, 0.3) is 0 Å². The van der Waals surface area contributed by atoms with E-state index < -0.39 is 59.4 Å². The number of nitrogens with one attached hydrogen (secondary N) is 2. The highest BCUT2D eigenvalue weighted by atomic mass is 31.2. The predicted molar refractivity (Wildman–Crippen MR) is 138 cm³/mol. The lowest BCUT2D eigenvalue weighted by atomic mass is 10.1. The topological polar surface area (TPSA) is 139 Å². The molecular formula is C26H39N3O7P+. The number of carbonyl (C=O) groups excluding carboxylic acids is 4. The van der Waals surface area contributed by atoms with Crippen LogP contribution in [-0.4, -0.2) is 69.4 Å². The lowest BCUT2D eigenvalue weighted by Gasteiger charge is -2.35. The summed E-state index contributed by atoms with van der Waals surface area (Å²) in [7, 11) is -4.34. The number of aryl methyl sites for hydroxylation is 1. The predicted octanol–water partition coefficient (Wildman–Crippen LogP) is 3.07. The zero-order chi connectivity index (χ0) is 27.4.